The predicted molar refractivity (Wildman–Crippen MR) is 53.8 cm³/mol. The van der Waals surface area contributed by atoms with Crippen LogP contribution in [0, 0.1) is 5.82 Å². The van der Waals surface area contributed by atoms with E-state index in [1.807, 2.05) is 0 Å². The summed E-state index contributed by atoms with van der Waals surface area (Å²) in [5.41, 5.74) is 0.195. The SMILES string of the molecule is CCOc1ccc(C(=O)N(C)N)cc1F. The first-order chi connectivity index (χ1) is 7.06. The highest BCUT2D eigenvalue weighted by atomic mass is 19.1. The number of hydrazine groups is 1. The van der Waals surface area contributed by atoms with Crippen LogP contribution in [0.2, 0.25) is 0 Å². The third-order valence-electron chi connectivity index (χ3n) is 1.80. The van der Waals surface area contributed by atoms with Gasteiger partial charge in [0.05, 0.1) is 6.61 Å². The molecule has 0 heterocycles. The molecule has 1 amide bonds. The van der Waals surface area contributed by atoms with Gasteiger partial charge in [0.25, 0.3) is 5.91 Å². The van der Waals surface area contributed by atoms with Gasteiger partial charge in [-0.1, -0.05) is 0 Å². The van der Waals surface area contributed by atoms with Gasteiger partial charge in [0.15, 0.2) is 11.6 Å². The van der Waals surface area contributed by atoms with Gasteiger partial charge >= 0.3 is 0 Å². The summed E-state index contributed by atoms with van der Waals surface area (Å²) >= 11 is 0. The van der Waals surface area contributed by atoms with E-state index in [0.29, 0.717) is 6.61 Å². The van der Waals surface area contributed by atoms with E-state index in [1.165, 1.54) is 19.2 Å². The molecule has 0 bridgehead atoms. The zero-order valence-electron chi connectivity index (χ0n) is 8.66. The Kier molecular flexibility index (Phi) is 3.62. The van der Waals surface area contributed by atoms with Crippen LogP contribution in [0.4, 0.5) is 4.39 Å². The molecule has 1 aromatic carbocycles. The number of amides is 1. The van der Waals surface area contributed by atoms with E-state index in [4.69, 9.17) is 10.6 Å². The van der Waals surface area contributed by atoms with Crippen LogP contribution < -0.4 is 10.6 Å². The van der Waals surface area contributed by atoms with Crippen LogP contribution in [0.25, 0.3) is 0 Å². The Morgan fingerprint density at radius 3 is 2.73 bits per heavy atom. The predicted octanol–water partition coefficient (Wildman–Crippen LogP) is 1.17. The molecule has 0 aliphatic carbocycles. The Balaban J connectivity index is 2.96. The standard InChI is InChI=1S/C10H13FN2O2/c1-3-15-9-5-4-7(6-8(9)11)10(14)13(2)12/h4-6H,3,12H2,1-2H3. The van der Waals surface area contributed by atoms with Crippen molar-refractivity contribution in [3.8, 4) is 5.75 Å². The third kappa shape index (κ3) is 2.66. The van der Waals surface area contributed by atoms with E-state index >= 15 is 0 Å². The maximum Gasteiger partial charge on any atom is 0.267 e. The minimum atomic E-state index is -0.565. The van der Waals surface area contributed by atoms with Crippen molar-refractivity contribution in [2.24, 2.45) is 5.84 Å². The molecule has 0 aromatic heterocycles. The van der Waals surface area contributed by atoms with E-state index in [-0.39, 0.29) is 11.3 Å². The minimum Gasteiger partial charge on any atom is -0.491 e. The molecular weight excluding hydrogens is 199 g/mol. The van der Waals surface area contributed by atoms with Gasteiger partial charge in [-0.3, -0.25) is 9.80 Å². The number of nitrogens with zero attached hydrogens (tertiary/aromatic N) is 1. The van der Waals surface area contributed by atoms with Crippen molar-refractivity contribution in [3.63, 3.8) is 0 Å². The lowest BCUT2D eigenvalue weighted by atomic mass is 10.2. The minimum absolute atomic E-state index is 0.133. The van der Waals surface area contributed by atoms with Crippen molar-refractivity contribution < 1.29 is 13.9 Å². The maximum absolute atomic E-state index is 13.3. The fourth-order valence-corrected chi connectivity index (χ4v) is 1.11. The molecule has 0 unspecified atom stereocenters. The summed E-state index contributed by atoms with van der Waals surface area (Å²) in [6.07, 6.45) is 0. The van der Waals surface area contributed by atoms with Gasteiger partial charge in [0.1, 0.15) is 0 Å². The molecule has 5 heteroatoms. The van der Waals surface area contributed by atoms with E-state index in [2.05, 4.69) is 0 Å². The Morgan fingerprint density at radius 1 is 1.60 bits per heavy atom. The van der Waals surface area contributed by atoms with Gasteiger partial charge in [-0.15, -0.1) is 0 Å². The normalized spacial score (nSPS) is 9.87. The molecule has 1 rings (SSSR count). The molecule has 0 fully saturated rings. The molecule has 0 saturated heterocycles. The average Bonchev–Trinajstić information content (AvgIpc) is 2.20. The van der Waals surface area contributed by atoms with E-state index in [0.717, 1.165) is 11.1 Å². The first kappa shape index (κ1) is 11.5. The number of hydrogen-bond acceptors (Lipinski definition) is 3. The van der Waals surface area contributed by atoms with Gasteiger partial charge < -0.3 is 4.74 Å². The van der Waals surface area contributed by atoms with Crippen LogP contribution in [0.3, 0.4) is 0 Å². The second-order valence-electron chi connectivity index (χ2n) is 2.99. The first-order valence-electron chi connectivity index (χ1n) is 4.51. The quantitative estimate of drug-likeness (QED) is 0.465. The fraction of sp³-hybridized carbons (Fsp3) is 0.300. The van der Waals surface area contributed by atoms with Gasteiger partial charge in [0, 0.05) is 12.6 Å². The number of carbonyl (C=O) groups is 1. The van der Waals surface area contributed by atoms with Crippen LogP contribution >= 0.6 is 0 Å². The molecule has 2 N–H and O–H groups in total. The lowest BCUT2D eigenvalue weighted by Gasteiger charge is -2.11. The molecule has 82 valence electrons. The highest BCUT2D eigenvalue weighted by Crippen LogP contribution is 2.18. The highest BCUT2D eigenvalue weighted by Gasteiger charge is 2.11. The van der Waals surface area contributed by atoms with Crippen molar-refractivity contribution in [1.82, 2.24) is 5.01 Å². The number of halogens is 1. The summed E-state index contributed by atoms with van der Waals surface area (Å²) in [6, 6.07) is 3.99. The average molecular weight is 212 g/mol. The van der Waals surface area contributed by atoms with Crippen LogP contribution in [-0.4, -0.2) is 24.6 Å². The van der Waals surface area contributed by atoms with Crippen LogP contribution in [0.1, 0.15) is 17.3 Å². The Labute approximate surface area is 87.4 Å². The lowest BCUT2D eigenvalue weighted by Crippen LogP contribution is -2.33. The molecule has 15 heavy (non-hydrogen) atoms. The van der Waals surface area contributed by atoms with E-state index in [1.54, 1.807) is 6.92 Å². The molecule has 0 aliphatic rings. The Morgan fingerprint density at radius 2 is 2.27 bits per heavy atom. The summed E-state index contributed by atoms with van der Waals surface area (Å²) < 4.78 is 18.3. The summed E-state index contributed by atoms with van der Waals surface area (Å²) in [7, 11) is 1.40. The van der Waals surface area contributed by atoms with Crippen molar-refractivity contribution >= 4 is 5.91 Å². The molecule has 0 aliphatic heterocycles. The first-order valence-corrected chi connectivity index (χ1v) is 4.51. The second kappa shape index (κ2) is 4.75. The third-order valence-corrected chi connectivity index (χ3v) is 1.80. The fourth-order valence-electron chi connectivity index (χ4n) is 1.11. The number of nitrogens with two attached hydrogens (primary N) is 1. The number of carbonyl (C=O) groups excluding carboxylic acids is 1. The highest BCUT2D eigenvalue weighted by molar-refractivity contribution is 5.93. The van der Waals surface area contributed by atoms with Crippen molar-refractivity contribution in [3.05, 3.63) is 29.6 Å². The number of ether oxygens (including phenoxy) is 1. The van der Waals surface area contributed by atoms with E-state index < -0.39 is 11.7 Å². The largest absolute Gasteiger partial charge is 0.491 e. The van der Waals surface area contributed by atoms with Crippen LogP contribution in [0.15, 0.2) is 18.2 Å². The smallest absolute Gasteiger partial charge is 0.267 e. The molecule has 1 aromatic rings. The monoisotopic (exact) mass is 212 g/mol. The second-order valence-corrected chi connectivity index (χ2v) is 2.99. The summed E-state index contributed by atoms with van der Waals surface area (Å²) in [5, 5.41) is 0.898. The molecule has 0 radical (unpaired) electrons. The molecule has 0 atom stereocenters. The Bertz CT molecular complexity index is 366. The van der Waals surface area contributed by atoms with Gasteiger partial charge in [-0.05, 0) is 25.1 Å². The molecular formula is C10H13FN2O2. The van der Waals surface area contributed by atoms with Crippen LogP contribution in [-0.2, 0) is 0 Å². The zero-order valence-corrected chi connectivity index (χ0v) is 8.66. The maximum atomic E-state index is 13.3. The lowest BCUT2D eigenvalue weighted by molar-refractivity contribution is 0.0794. The van der Waals surface area contributed by atoms with Gasteiger partial charge in [-0.25, -0.2) is 10.2 Å². The van der Waals surface area contributed by atoms with Crippen molar-refractivity contribution in [2.45, 2.75) is 6.92 Å². The topological polar surface area (TPSA) is 55.6 Å². The molecule has 0 spiro atoms. The molecule has 4 nitrogen and oxygen atoms in total. The van der Waals surface area contributed by atoms with E-state index in [9.17, 15) is 9.18 Å². The Hall–Kier alpha value is -1.62. The number of benzene rings is 1. The summed E-state index contributed by atoms with van der Waals surface area (Å²) in [4.78, 5) is 11.4. The van der Waals surface area contributed by atoms with Gasteiger partial charge in [-0.2, -0.15) is 0 Å². The van der Waals surface area contributed by atoms with Crippen molar-refractivity contribution in [1.29, 1.82) is 0 Å². The summed E-state index contributed by atoms with van der Waals surface area (Å²) in [6.45, 7) is 2.13. The van der Waals surface area contributed by atoms with Crippen molar-refractivity contribution in [2.75, 3.05) is 13.7 Å². The van der Waals surface area contributed by atoms with Crippen LogP contribution in [0.5, 0.6) is 5.75 Å². The summed E-state index contributed by atoms with van der Waals surface area (Å²) in [5.74, 6) is 4.37. The zero-order chi connectivity index (χ0) is 11.4. The number of hydrogen-bond donors (Lipinski definition) is 1. The number of rotatable bonds is 3. The van der Waals surface area contributed by atoms with Gasteiger partial charge in [0.2, 0.25) is 0 Å². The molecule has 0 saturated carbocycles.